The van der Waals surface area contributed by atoms with Gasteiger partial charge in [0.05, 0.1) is 6.04 Å². The van der Waals surface area contributed by atoms with Crippen LogP contribution in [-0.4, -0.2) is 27.3 Å². The number of hydrogen-bond donors (Lipinski definition) is 1. The highest BCUT2D eigenvalue weighted by Crippen LogP contribution is 2.23. The van der Waals surface area contributed by atoms with Crippen molar-refractivity contribution in [3.63, 3.8) is 0 Å². The van der Waals surface area contributed by atoms with Gasteiger partial charge in [0.15, 0.2) is 5.82 Å². The van der Waals surface area contributed by atoms with Gasteiger partial charge in [-0.15, -0.1) is 5.10 Å². The number of nitrogens with one attached hydrogen (secondary N) is 1. The summed E-state index contributed by atoms with van der Waals surface area (Å²) < 4.78 is 1.94. The van der Waals surface area contributed by atoms with Crippen LogP contribution in [0.15, 0.2) is 0 Å². The van der Waals surface area contributed by atoms with Crippen LogP contribution in [0.2, 0.25) is 0 Å². The normalized spacial score (nSPS) is 13.9. The zero-order chi connectivity index (χ0) is 13.0. The Bertz CT molecular complexity index is 323. The van der Waals surface area contributed by atoms with Crippen LogP contribution in [-0.2, 0) is 6.54 Å². The van der Waals surface area contributed by atoms with E-state index >= 15 is 0 Å². The molecule has 0 saturated heterocycles. The van der Waals surface area contributed by atoms with Crippen LogP contribution in [0.5, 0.6) is 0 Å². The van der Waals surface area contributed by atoms with Gasteiger partial charge in [-0.25, -0.2) is 4.68 Å². The topological polar surface area (TPSA) is 55.6 Å². The van der Waals surface area contributed by atoms with Crippen LogP contribution in [0.4, 0.5) is 0 Å². The molecule has 1 rings (SSSR count). The average Bonchev–Trinajstić information content (AvgIpc) is 2.71. The highest BCUT2D eigenvalue weighted by Gasteiger charge is 2.21. The third-order valence-electron chi connectivity index (χ3n) is 3.48. The van der Waals surface area contributed by atoms with Crippen LogP contribution in [0.1, 0.15) is 46.5 Å². The standard InChI is InChI=1S/C12H25N5/c1-8(2)11(9(3)4)7-17-12(10(5)13-6)14-15-16-17/h8-11,13H,7H2,1-6H3. The highest BCUT2D eigenvalue weighted by atomic mass is 15.5. The summed E-state index contributed by atoms with van der Waals surface area (Å²) in [5.41, 5.74) is 0. The van der Waals surface area contributed by atoms with E-state index < -0.39 is 0 Å². The van der Waals surface area contributed by atoms with Gasteiger partial charge in [0, 0.05) is 6.54 Å². The molecule has 1 aromatic rings. The van der Waals surface area contributed by atoms with E-state index in [1.54, 1.807) is 0 Å². The monoisotopic (exact) mass is 239 g/mol. The maximum absolute atomic E-state index is 4.11. The number of nitrogens with zero attached hydrogens (tertiary/aromatic N) is 4. The first-order valence-electron chi connectivity index (χ1n) is 6.40. The Morgan fingerprint density at radius 1 is 1.12 bits per heavy atom. The van der Waals surface area contributed by atoms with Gasteiger partial charge in [-0.2, -0.15) is 0 Å². The Morgan fingerprint density at radius 3 is 2.18 bits per heavy atom. The van der Waals surface area contributed by atoms with Gasteiger partial charge >= 0.3 is 0 Å². The maximum atomic E-state index is 4.11. The van der Waals surface area contributed by atoms with Crippen molar-refractivity contribution in [2.45, 2.75) is 47.2 Å². The molecule has 0 aromatic carbocycles. The Hall–Kier alpha value is -0.970. The maximum Gasteiger partial charge on any atom is 0.167 e. The van der Waals surface area contributed by atoms with Crippen molar-refractivity contribution in [2.24, 2.45) is 17.8 Å². The molecular weight excluding hydrogens is 214 g/mol. The van der Waals surface area contributed by atoms with Crippen LogP contribution in [0, 0.1) is 17.8 Å². The molecule has 0 bridgehead atoms. The summed E-state index contributed by atoms with van der Waals surface area (Å²) in [7, 11) is 1.92. The van der Waals surface area contributed by atoms with E-state index in [9.17, 15) is 0 Å². The van der Waals surface area contributed by atoms with Crippen molar-refractivity contribution >= 4 is 0 Å². The van der Waals surface area contributed by atoms with Gasteiger partial charge in [-0.1, -0.05) is 27.7 Å². The molecule has 1 aromatic heterocycles. The molecule has 1 atom stereocenters. The fourth-order valence-corrected chi connectivity index (χ4v) is 2.17. The predicted molar refractivity (Wildman–Crippen MR) is 68.5 cm³/mol. The molecule has 0 aliphatic rings. The number of aromatic nitrogens is 4. The molecule has 0 aliphatic carbocycles. The zero-order valence-electron chi connectivity index (χ0n) is 11.8. The van der Waals surface area contributed by atoms with E-state index in [4.69, 9.17) is 0 Å². The second-order valence-electron chi connectivity index (χ2n) is 5.38. The van der Waals surface area contributed by atoms with E-state index in [0.29, 0.717) is 17.8 Å². The highest BCUT2D eigenvalue weighted by molar-refractivity contribution is 4.89. The van der Waals surface area contributed by atoms with Crippen LogP contribution in [0.25, 0.3) is 0 Å². The van der Waals surface area contributed by atoms with Crippen molar-refractivity contribution < 1.29 is 0 Å². The summed E-state index contributed by atoms with van der Waals surface area (Å²) >= 11 is 0. The lowest BCUT2D eigenvalue weighted by Crippen LogP contribution is -2.26. The number of tetrazole rings is 1. The lowest BCUT2D eigenvalue weighted by Gasteiger charge is -2.25. The minimum atomic E-state index is 0.185. The Labute approximate surface area is 104 Å². The van der Waals surface area contributed by atoms with E-state index in [0.717, 1.165) is 12.4 Å². The molecule has 0 spiro atoms. The van der Waals surface area contributed by atoms with E-state index in [-0.39, 0.29) is 6.04 Å². The zero-order valence-corrected chi connectivity index (χ0v) is 11.8. The molecule has 1 N–H and O–H groups in total. The summed E-state index contributed by atoms with van der Waals surface area (Å²) in [5, 5.41) is 15.2. The Morgan fingerprint density at radius 2 is 1.71 bits per heavy atom. The van der Waals surface area contributed by atoms with E-state index in [1.807, 2.05) is 11.7 Å². The van der Waals surface area contributed by atoms with Gasteiger partial charge in [-0.3, -0.25) is 0 Å². The first kappa shape index (κ1) is 14.1. The first-order chi connectivity index (χ1) is 7.97. The molecule has 1 unspecified atom stereocenters. The minimum Gasteiger partial charge on any atom is -0.311 e. The summed E-state index contributed by atoms with van der Waals surface area (Å²) in [6.07, 6.45) is 0. The number of rotatable bonds is 6. The van der Waals surface area contributed by atoms with E-state index in [1.165, 1.54) is 0 Å². The third-order valence-corrected chi connectivity index (χ3v) is 3.48. The molecule has 0 saturated carbocycles. The van der Waals surface area contributed by atoms with Crippen LogP contribution in [0.3, 0.4) is 0 Å². The molecule has 1 heterocycles. The van der Waals surface area contributed by atoms with Crippen LogP contribution < -0.4 is 5.32 Å². The third kappa shape index (κ3) is 3.49. The molecule has 0 fully saturated rings. The summed E-state index contributed by atoms with van der Waals surface area (Å²) in [4.78, 5) is 0. The molecule has 0 amide bonds. The van der Waals surface area contributed by atoms with Crippen molar-refractivity contribution in [3.05, 3.63) is 5.82 Å². The Balaban J connectivity index is 2.83. The van der Waals surface area contributed by atoms with Crippen molar-refractivity contribution in [3.8, 4) is 0 Å². The van der Waals surface area contributed by atoms with Gasteiger partial charge in [-0.05, 0) is 42.2 Å². The summed E-state index contributed by atoms with van der Waals surface area (Å²) in [5.74, 6) is 2.79. The fraction of sp³-hybridized carbons (Fsp3) is 0.917. The van der Waals surface area contributed by atoms with Crippen molar-refractivity contribution in [1.82, 2.24) is 25.5 Å². The number of hydrogen-bond acceptors (Lipinski definition) is 4. The first-order valence-corrected chi connectivity index (χ1v) is 6.40. The summed E-state index contributed by atoms with van der Waals surface area (Å²) in [6, 6.07) is 0.185. The molecule has 5 nitrogen and oxygen atoms in total. The Kier molecular flexibility index (Phi) is 5.05. The molecule has 17 heavy (non-hydrogen) atoms. The summed E-state index contributed by atoms with van der Waals surface area (Å²) in [6.45, 7) is 12.0. The quantitative estimate of drug-likeness (QED) is 0.823. The van der Waals surface area contributed by atoms with Gasteiger partial charge in [0.2, 0.25) is 0 Å². The molecule has 0 aliphatic heterocycles. The second-order valence-corrected chi connectivity index (χ2v) is 5.38. The lowest BCUT2D eigenvalue weighted by molar-refractivity contribution is 0.236. The van der Waals surface area contributed by atoms with Gasteiger partial charge in [0.1, 0.15) is 0 Å². The second kappa shape index (κ2) is 6.10. The molecule has 5 heteroatoms. The molecule has 0 radical (unpaired) electrons. The van der Waals surface area contributed by atoms with Gasteiger partial charge < -0.3 is 5.32 Å². The van der Waals surface area contributed by atoms with Crippen molar-refractivity contribution in [1.29, 1.82) is 0 Å². The van der Waals surface area contributed by atoms with Crippen LogP contribution >= 0.6 is 0 Å². The minimum absolute atomic E-state index is 0.185. The largest absolute Gasteiger partial charge is 0.311 e. The molecule has 98 valence electrons. The predicted octanol–water partition coefficient (Wildman–Crippen LogP) is 1.88. The SMILES string of the molecule is CNC(C)c1nnnn1CC(C(C)C)C(C)C. The average molecular weight is 239 g/mol. The van der Waals surface area contributed by atoms with Crippen molar-refractivity contribution in [2.75, 3.05) is 7.05 Å². The molecular formula is C12H25N5. The van der Waals surface area contributed by atoms with E-state index in [2.05, 4.69) is 55.5 Å². The smallest absolute Gasteiger partial charge is 0.167 e. The van der Waals surface area contributed by atoms with Gasteiger partial charge in [0.25, 0.3) is 0 Å². The lowest BCUT2D eigenvalue weighted by atomic mass is 9.85. The fourth-order valence-electron chi connectivity index (χ4n) is 2.17.